The van der Waals surface area contributed by atoms with E-state index < -0.39 is 0 Å². The number of hydrogen-bond donors (Lipinski definition) is 0. The Kier molecular flexibility index (Phi) is 25.0. The molecule has 0 fully saturated rings. The van der Waals surface area contributed by atoms with Crippen molar-refractivity contribution in [2.24, 2.45) is 0 Å². The first-order valence-electron chi connectivity index (χ1n) is 15.0. The molecule has 1 rings (SSSR count). The van der Waals surface area contributed by atoms with E-state index in [1.165, 1.54) is 57.8 Å². The predicted octanol–water partition coefficient (Wildman–Crippen LogP) is 6.38. The van der Waals surface area contributed by atoms with Crippen LogP contribution >= 0.6 is 0 Å². The van der Waals surface area contributed by atoms with Gasteiger partial charge in [0.2, 0.25) is 0 Å². The fraction of sp³-hybridized carbons (Fsp3) is 0.774. The van der Waals surface area contributed by atoms with Gasteiger partial charge in [-0.3, -0.25) is 4.79 Å². The number of methoxy groups -OCH3 is 1. The summed E-state index contributed by atoms with van der Waals surface area (Å²) in [5.41, 5.74) is 0. The second kappa shape index (κ2) is 27.7. The van der Waals surface area contributed by atoms with Crippen molar-refractivity contribution in [2.45, 2.75) is 84.0 Å². The highest BCUT2D eigenvalue weighted by Gasteiger charge is 2.04. The van der Waals surface area contributed by atoms with E-state index in [2.05, 4.69) is 6.92 Å². The van der Waals surface area contributed by atoms with Crippen LogP contribution < -0.4 is 9.47 Å². The van der Waals surface area contributed by atoms with E-state index in [-0.39, 0.29) is 12.6 Å². The highest BCUT2D eigenvalue weighted by Crippen LogP contribution is 2.19. The molecule has 0 atom stereocenters. The maximum absolute atomic E-state index is 11.8. The second-order valence-corrected chi connectivity index (χ2v) is 9.48. The molecule has 0 heterocycles. The predicted molar refractivity (Wildman–Crippen MR) is 154 cm³/mol. The molecule has 0 radical (unpaired) electrons. The van der Waals surface area contributed by atoms with Gasteiger partial charge in [-0.1, -0.05) is 70.8 Å². The van der Waals surface area contributed by atoms with Crippen LogP contribution in [-0.4, -0.2) is 79.1 Å². The molecule has 0 aliphatic rings. The number of hydrogen-bond acceptors (Lipinski definition) is 8. The molecule has 1 aromatic carbocycles. The van der Waals surface area contributed by atoms with Crippen molar-refractivity contribution in [3.63, 3.8) is 0 Å². The minimum absolute atomic E-state index is 0.234. The Morgan fingerprint density at radius 1 is 0.590 bits per heavy atom. The van der Waals surface area contributed by atoms with Gasteiger partial charge in [-0.05, 0) is 25.0 Å². The number of benzene rings is 1. The highest BCUT2D eigenvalue weighted by molar-refractivity contribution is 5.69. The molecule has 0 bridgehead atoms. The summed E-state index contributed by atoms with van der Waals surface area (Å²) in [4.78, 5) is 11.8. The van der Waals surface area contributed by atoms with Gasteiger partial charge in [-0.25, -0.2) is 0 Å². The molecule has 226 valence electrons. The van der Waals surface area contributed by atoms with Crippen LogP contribution in [0.1, 0.15) is 84.0 Å². The minimum Gasteiger partial charge on any atom is -0.497 e. The van der Waals surface area contributed by atoms with Crippen LogP contribution in [0.5, 0.6) is 11.5 Å². The van der Waals surface area contributed by atoms with Gasteiger partial charge in [0.1, 0.15) is 18.1 Å². The van der Waals surface area contributed by atoms with E-state index in [0.717, 1.165) is 18.8 Å². The SMILES string of the molecule is CCCCCCCCCCCCOCCOCCOCCOCCOC(=O)CCCOc1cccc(OC)c1. The number of carbonyl (C=O) groups excluding carboxylic acids is 1. The first-order chi connectivity index (χ1) is 19.3. The van der Waals surface area contributed by atoms with Crippen molar-refractivity contribution < 1.29 is 38.0 Å². The van der Waals surface area contributed by atoms with Crippen molar-refractivity contribution in [3.8, 4) is 11.5 Å². The van der Waals surface area contributed by atoms with Crippen LogP contribution in [0, 0.1) is 0 Å². The third-order valence-corrected chi connectivity index (χ3v) is 6.08. The van der Waals surface area contributed by atoms with Gasteiger partial charge in [0.15, 0.2) is 0 Å². The van der Waals surface area contributed by atoms with Crippen molar-refractivity contribution >= 4 is 5.97 Å². The minimum atomic E-state index is -0.256. The first kappa shape index (κ1) is 35.2. The van der Waals surface area contributed by atoms with Gasteiger partial charge < -0.3 is 33.2 Å². The van der Waals surface area contributed by atoms with Gasteiger partial charge in [0, 0.05) is 19.1 Å². The van der Waals surface area contributed by atoms with E-state index in [1.807, 2.05) is 24.3 Å². The lowest BCUT2D eigenvalue weighted by molar-refractivity contribution is -0.145. The Morgan fingerprint density at radius 3 is 1.69 bits per heavy atom. The first-order valence-corrected chi connectivity index (χ1v) is 15.0. The summed E-state index contributed by atoms with van der Waals surface area (Å²) in [7, 11) is 1.61. The van der Waals surface area contributed by atoms with Crippen molar-refractivity contribution in [2.75, 3.05) is 73.2 Å². The van der Waals surface area contributed by atoms with E-state index >= 15 is 0 Å². The Hall–Kier alpha value is -1.87. The van der Waals surface area contributed by atoms with Crippen LogP contribution in [-0.2, 0) is 28.5 Å². The Labute approximate surface area is 237 Å². The molecule has 0 N–H and O–H groups in total. The van der Waals surface area contributed by atoms with Crippen molar-refractivity contribution in [1.29, 1.82) is 0 Å². The molecule has 0 saturated heterocycles. The molecule has 0 spiro atoms. The van der Waals surface area contributed by atoms with Crippen LogP contribution in [0.25, 0.3) is 0 Å². The molecule has 8 nitrogen and oxygen atoms in total. The maximum atomic E-state index is 11.8. The molecule has 0 amide bonds. The van der Waals surface area contributed by atoms with E-state index in [9.17, 15) is 4.79 Å². The van der Waals surface area contributed by atoms with Crippen molar-refractivity contribution in [1.82, 2.24) is 0 Å². The number of rotatable bonds is 29. The maximum Gasteiger partial charge on any atom is 0.305 e. The third-order valence-electron chi connectivity index (χ3n) is 6.08. The third kappa shape index (κ3) is 23.7. The zero-order valence-corrected chi connectivity index (χ0v) is 24.6. The number of unbranched alkanes of at least 4 members (excludes halogenated alkanes) is 9. The number of carbonyl (C=O) groups is 1. The summed E-state index contributed by atoms with van der Waals surface area (Å²) in [6.45, 7) is 7.33. The summed E-state index contributed by atoms with van der Waals surface area (Å²) >= 11 is 0. The molecule has 39 heavy (non-hydrogen) atoms. The van der Waals surface area contributed by atoms with E-state index in [0.29, 0.717) is 71.4 Å². The fourth-order valence-corrected chi connectivity index (χ4v) is 3.84. The molecule has 0 saturated carbocycles. The summed E-state index contributed by atoms with van der Waals surface area (Å²) < 4.78 is 38.0. The van der Waals surface area contributed by atoms with Crippen LogP contribution in [0.4, 0.5) is 0 Å². The summed E-state index contributed by atoms with van der Waals surface area (Å²) in [6.07, 6.45) is 14.2. The summed E-state index contributed by atoms with van der Waals surface area (Å²) in [5, 5.41) is 0. The van der Waals surface area contributed by atoms with Gasteiger partial charge >= 0.3 is 5.97 Å². The average molecular weight is 555 g/mol. The summed E-state index contributed by atoms with van der Waals surface area (Å²) in [6, 6.07) is 7.37. The van der Waals surface area contributed by atoms with Gasteiger partial charge in [0.25, 0.3) is 0 Å². The molecular formula is C31H54O8. The Balaban J connectivity index is 1.72. The van der Waals surface area contributed by atoms with Gasteiger partial charge in [-0.15, -0.1) is 0 Å². The zero-order chi connectivity index (χ0) is 28.1. The normalized spacial score (nSPS) is 11.0. The molecule has 0 aliphatic carbocycles. The smallest absolute Gasteiger partial charge is 0.305 e. The Bertz CT molecular complexity index is 670. The molecule has 1 aromatic rings. The molecule has 0 unspecified atom stereocenters. The molecule has 8 heteroatoms. The lowest BCUT2D eigenvalue weighted by atomic mass is 10.1. The largest absolute Gasteiger partial charge is 0.497 e. The number of esters is 1. The molecule has 0 aromatic heterocycles. The van der Waals surface area contributed by atoms with Crippen molar-refractivity contribution in [3.05, 3.63) is 24.3 Å². The topological polar surface area (TPSA) is 81.7 Å². The van der Waals surface area contributed by atoms with Gasteiger partial charge in [-0.2, -0.15) is 0 Å². The molecule has 0 aliphatic heterocycles. The molecular weight excluding hydrogens is 500 g/mol. The quantitative estimate of drug-likeness (QED) is 0.0833. The van der Waals surface area contributed by atoms with Gasteiger partial charge in [0.05, 0.1) is 60.0 Å². The van der Waals surface area contributed by atoms with Crippen LogP contribution in [0.15, 0.2) is 24.3 Å². The van der Waals surface area contributed by atoms with E-state index in [4.69, 9.17) is 33.2 Å². The fourth-order valence-electron chi connectivity index (χ4n) is 3.84. The lowest BCUT2D eigenvalue weighted by Gasteiger charge is -2.09. The average Bonchev–Trinajstić information content (AvgIpc) is 2.96. The van der Waals surface area contributed by atoms with E-state index in [1.54, 1.807) is 7.11 Å². The summed E-state index contributed by atoms with van der Waals surface area (Å²) in [5.74, 6) is 1.20. The lowest BCUT2D eigenvalue weighted by Crippen LogP contribution is -2.15. The monoisotopic (exact) mass is 554 g/mol. The number of ether oxygens (including phenoxy) is 7. The highest BCUT2D eigenvalue weighted by atomic mass is 16.6. The zero-order valence-electron chi connectivity index (χ0n) is 24.6. The Morgan fingerprint density at radius 2 is 1.10 bits per heavy atom. The van der Waals surface area contributed by atoms with Crippen LogP contribution in [0.3, 0.4) is 0 Å². The standard InChI is InChI=1S/C31H54O8/c1-3-4-5-6-7-8-9-10-11-12-18-34-20-21-35-22-23-36-24-25-37-26-27-39-31(32)17-14-19-38-30-16-13-15-29(28-30)33-2/h13,15-16,28H,3-12,14,17-27H2,1-2H3. The van der Waals surface area contributed by atoms with Crippen LogP contribution in [0.2, 0.25) is 0 Å². The second-order valence-electron chi connectivity index (χ2n) is 9.48.